The zero-order chi connectivity index (χ0) is 13.2. The third-order valence-corrected chi connectivity index (χ3v) is 2.99. The van der Waals surface area contributed by atoms with Gasteiger partial charge in [0.25, 0.3) is 5.91 Å². The lowest BCUT2D eigenvalue weighted by molar-refractivity contribution is 0.102. The first-order valence-corrected chi connectivity index (χ1v) is 5.88. The van der Waals surface area contributed by atoms with E-state index in [4.69, 9.17) is 4.65 Å². The predicted octanol–water partition coefficient (Wildman–Crippen LogP) is 0.552. The highest BCUT2D eigenvalue weighted by atomic mass is 16.5. The van der Waals surface area contributed by atoms with Crippen LogP contribution in [0.5, 0.6) is 0 Å². The number of nitrogens with one attached hydrogen (secondary N) is 1. The van der Waals surface area contributed by atoms with E-state index in [9.17, 15) is 9.82 Å². The largest absolute Gasteiger partial charge is 0.491 e. The van der Waals surface area contributed by atoms with E-state index in [0.717, 1.165) is 5.56 Å². The molecule has 3 rings (SSSR count). The first-order valence-electron chi connectivity index (χ1n) is 5.88. The summed E-state index contributed by atoms with van der Waals surface area (Å²) in [4.78, 5) is 15.8. The topological polar surface area (TPSA) is 71.5 Å². The van der Waals surface area contributed by atoms with Gasteiger partial charge in [0.1, 0.15) is 0 Å². The number of anilines is 1. The Labute approximate surface area is 110 Å². The van der Waals surface area contributed by atoms with Crippen molar-refractivity contribution in [1.82, 2.24) is 4.98 Å². The van der Waals surface area contributed by atoms with Crippen LogP contribution in [0, 0.1) is 0 Å². The lowest BCUT2D eigenvalue weighted by atomic mass is 9.79. The molecule has 0 fully saturated rings. The number of nitrogens with zero attached hydrogens (tertiary/aromatic N) is 1. The third kappa shape index (κ3) is 2.36. The molecule has 2 heterocycles. The van der Waals surface area contributed by atoms with Crippen LogP contribution in [0.15, 0.2) is 42.7 Å². The number of rotatable bonds is 2. The van der Waals surface area contributed by atoms with Crippen molar-refractivity contribution in [1.29, 1.82) is 0 Å². The maximum absolute atomic E-state index is 12.0. The molecule has 1 aliphatic rings. The van der Waals surface area contributed by atoms with Crippen LogP contribution in [-0.4, -0.2) is 23.0 Å². The normalized spacial score (nSPS) is 13.2. The summed E-state index contributed by atoms with van der Waals surface area (Å²) in [6.07, 6.45) is 3.11. The van der Waals surface area contributed by atoms with Gasteiger partial charge < -0.3 is 15.0 Å². The molecular formula is C13H11BN2O3. The number of pyridine rings is 1. The average molecular weight is 254 g/mol. The maximum Gasteiger partial charge on any atom is 0.491 e. The first kappa shape index (κ1) is 11.9. The van der Waals surface area contributed by atoms with Gasteiger partial charge in [0.15, 0.2) is 0 Å². The van der Waals surface area contributed by atoms with Gasteiger partial charge in [-0.25, -0.2) is 0 Å². The third-order valence-electron chi connectivity index (χ3n) is 2.99. The van der Waals surface area contributed by atoms with Gasteiger partial charge in [0, 0.05) is 18.1 Å². The Morgan fingerprint density at radius 2 is 2.32 bits per heavy atom. The molecule has 94 valence electrons. The Kier molecular flexibility index (Phi) is 3.02. The SMILES string of the molecule is O=C(Nc1ccc2c(c1)B(O)OC2)c1cccnc1. The highest BCUT2D eigenvalue weighted by molar-refractivity contribution is 6.61. The number of hydrogen-bond donors (Lipinski definition) is 2. The van der Waals surface area contributed by atoms with Gasteiger partial charge in [-0.3, -0.25) is 9.78 Å². The van der Waals surface area contributed by atoms with Crippen molar-refractivity contribution in [2.75, 3.05) is 5.32 Å². The molecule has 0 saturated heterocycles. The molecule has 5 nitrogen and oxygen atoms in total. The molecule has 1 aromatic heterocycles. The molecule has 19 heavy (non-hydrogen) atoms. The first-order chi connectivity index (χ1) is 9.24. The fraction of sp³-hybridized carbons (Fsp3) is 0.0769. The van der Waals surface area contributed by atoms with Crippen molar-refractivity contribution < 1.29 is 14.5 Å². The summed E-state index contributed by atoms with van der Waals surface area (Å²) in [7, 11) is -0.912. The van der Waals surface area contributed by atoms with E-state index in [-0.39, 0.29) is 5.91 Å². The fourth-order valence-electron chi connectivity index (χ4n) is 1.99. The van der Waals surface area contributed by atoms with Gasteiger partial charge in [-0.1, -0.05) is 6.07 Å². The quantitative estimate of drug-likeness (QED) is 0.768. The van der Waals surface area contributed by atoms with Crippen LogP contribution in [0.2, 0.25) is 0 Å². The van der Waals surface area contributed by atoms with E-state index < -0.39 is 7.12 Å². The van der Waals surface area contributed by atoms with Crippen LogP contribution in [0.25, 0.3) is 0 Å². The number of aromatic nitrogens is 1. The zero-order valence-corrected chi connectivity index (χ0v) is 10.0. The molecule has 0 saturated carbocycles. The molecule has 0 radical (unpaired) electrons. The molecule has 1 aromatic carbocycles. The van der Waals surface area contributed by atoms with Crippen molar-refractivity contribution in [3.05, 3.63) is 53.9 Å². The van der Waals surface area contributed by atoms with E-state index in [1.54, 1.807) is 30.5 Å². The molecule has 0 aliphatic carbocycles. The van der Waals surface area contributed by atoms with Gasteiger partial charge >= 0.3 is 7.12 Å². The van der Waals surface area contributed by atoms with Crippen molar-refractivity contribution in [3.63, 3.8) is 0 Å². The minimum Gasteiger partial charge on any atom is -0.423 e. The number of benzene rings is 1. The Hall–Kier alpha value is -2.18. The van der Waals surface area contributed by atoms with Crippen LogP contribution < -0.4 is 10.8 Å². The molecule has 0 atom stereocenters. The van der Waals surface area contributed by atoms with E-state index in [0.29, 0.717) is 23.3 Å². The lowest BCUT2D eigenvalue weighted by Crippen LogP contribution is -2.28. The maximum atomic E-state index is 12.0. The Morgan fingerprint density at radius 1 is 1.42 bits per heavy atom. The molecule has 2 N–H and O–H groups in total. The van der Waals surface area contributed by atoms with Crippen LogP contribution >= 0.6 is 0 Å². The second-order valence-corrected chi connectivity index (χ2v) is 4.27. The highest BCUT2D eigenvalue weighted by Crippen LogP contribution is 2.15. The monoisotopic (exact) mass is 254 g/mol. The van der Waals surface area contributed by atoms with Gasteiger partial charge in [0.2, 0.25) is 0 Å². The highest BCUT2D eigenvalue weighted by Gasteiger charge is 2.27. The summed E-state index contributed by atoms with van der Waals surface area (Å²) in [6, 6.07) is 8.74. The molecule has 6 heteroatoms. The second-order valence-electron chi connectivity index (χ2n) is 4.27. The van der Waals surface area contributed by atoms with Crippen LogP contribution in [0.4, 0.5) is 5.69 Å². The summed E-state index contributed by atoms with van der Waals surface area (Å²) in [6.45, 7) is 0.396. The van der Waals surface area contributed by atoms with Gasteiger partial charge in [0.05, 0.1) is 12.2 Å². The fourth-order valence-corrected chi connectivity index (χ4v) is 1.99. The molecule has 0 spiro atoms. The predicted molar refractivity (Wildman–Crippen MR) is 71.0 cm³/mol. The molecule has 0 unspecified atom stereocenters. The number of hydrogen-bond acceptors (Lipinski definition) is 4. The summed E-state index contributed by atoms with van der Waals surface area (Å²) in [5.74, 6) is -0.235. The minimum absolute atomic E-state index is 0.235. The molecule has 2 aromatic rings. The summed E-state index contributed by atoms with van der Waals surface area (Å²) < 4.78 is 5.10. The van der Waals surface area contributed by atoms with Crippen LogP contribution in [0.3, 0.4) is 0 Å². The summed E-state index contributed by atoms with van der Waals surface area (Å²) >= 11 is 0. The smallest absolute Gasteiger partial charge is 0.423 e. The molecule has 1 aliphatic heterocycles. The van der Waals surface area contributed by atoms with E-state index >= 15 is 0 Å². The van der Waals surface area contributed by atoms with E-state index in [1.165, 1.54) is 6.20 Å². The van der Waals surface area contributed by atoms with Gasteiger partial charge in [-0.15, -0.1) is 0 Å². The van der Waals surface area contributed by atoms with Crippen molar-refractivity contribution in [2.24, 2.45) is 0 Å². The summed E-state index contributed by atoms with van der Waals surface area (Å²) in [5, 5.41) is 12.4. The molecule has 1 amide bonds. The minimum atomic E-state index is -0.912. The molecule has 0 bridgehead atoms. The van der Waals surface area contributed by atoms with E-state index in [2.05, 4.69) is 10.3 Å². The number of fused-ring (bicyclic) bond motifs is 1. The van der Waals surface area contributed by atoms with Gasteiger partial charge in [-0.05, 0) is 35.3 Å². The second kappa shape index (κ2) is 4.83. The Balaban J connectivity index is 1.81. The summed E-state index contributed by atoms with van der Waals surface area (Å²) in [5.41, 5.74) is 2.74. The van der Waals surface area contributed by atoms with Crippen LogP contribution in [0.1, 0.15) is 15.9 Å². The van der Waals surface area contributed by atoms with Crippen molar-refractivity contribution in [2.45, 2.75) is 6.61 Å². The van der Waals surface area contributed by atoms with Crippen molar-refractivity contribution in [3.8, 4) is 0 Å². The van der Waals surface area contributed by atoms with Crippen molar-refractivity contribution >= 4 is 24.2 Å². The number of carbonyl (C=O) groups is 1. The standard InChI is InChI=1S/C13H11BN2O3/c17-13(9-2-1-5-15-7-9)16-11-4-3-10-8-19-14(18)12(10)6-11/h1-7,18H,8H2,(H,16,17). The lowest BCUT2D eigenvalue weighted by Gasteiger charge is -2.07. The Bertz CT molecular complexity index is 619. The number of amides is 1. The average Bonchev–Trinajstić information content (AvgIpc) is 2.81. The van der Waals surface area contributed by atoms with Crippen LogP contribution in [-0.2, 0) is 11.3 Å². The molecular weight excluding hydrogens is 243 g/mol. The Morgan fingerprint density at radius 3 is 3.11 bits per heavy atom. The zero-order valence-electron chi connectivity index (χ0n) is 10.0. The van der Waals surface area contributed by atoms with Gasteiger partial charge in [-0.2, -0.15) is 0 Å². The number of carbonyl (C=O) groups excluding carboxylic acids is 1. The van der Waals surface area contributed by atoms with E-state index in [1.807, 2.05) is 6.07 Å².